The van der Waals surface area contributed by atoms with E-state index in [2.05, 4.69) is 32.5 Å². The Balaban J connectivity index is 0.000000406. The monoisotopic (exact) mass is 479 g/mol. The summed E-state index contributed by atoms with van der Waals surface area (Å²) < 4.78 is 33.5. The minimum Gasteiger partial charge on any atom is -0.475 e. The molecule has 3 N–H and O–H groups in total. The average Bonchev–Trinajstić information content (AvgIpc) is 3.11. The standard InChI is InChI=1S/C20H23N5O2.C2HF3O2/c1-14-19-15(5-3-11-24-12-9-21-10-13-24)4-2-6-16(19)25(23-14)17-7-8-18(26)22-20(17)27;3-2(4,5)1(6)7/h2,4,6,17,21H,7-13H2,1H3,(H,22,26,27);(H,6,7). The molecule has 182 valence electrons. The Bertz CT molecular complexity index is 1140. The van der Waals surface area contributed by atoms with Gasteiger partial charge in [-0.25, -0.2) is 4.79 Å². The summed E-state index contributed by atoms with van der Waals surface area (Å²) in [6.45, 7) is 6.74. The predicted octanol–water partition coefficient (Wildman–Crippen LogP) is 1.21. The summed E-state index contributed by atoms with van der Waals surface area (Å²) in [5.41, 5.74) is 2.66. The number of imide groups is 1. The second kappa shape index (κ2) is 10.7. The zero-order valence-electron chi connectivity index (χ0n) is 18.4. The number of aryl methyl sites for hydroxylation is 1. The number of benzene rings is 1. The van der Waals surface area contributed by atoms with Gasteiger partial charge in [-0.2, -0.15) is 18.3 Å². The maximum absolute atomic E-state index is 12.3. The number of aromatic nitrogens is 2. The minimum absolute atomic E-state index is 0.219. The van der Waals surface area contributed by atoms with E-state index in [1.54, 1.807) is 4.68 Å². The van der Waals surface area contributed by atoms with E-state index in [1.807, 2.05) is 25.1 Å². The van der Waals surface area contributed by atoms with E-state index in [-0.39, 0.29) is 11.8 Å². The van der Waals surface area contributed by atoms with Gasteiger partial charge in [0.2, 0.25) is 5.91 Å². The first-order valence-electron chi connectivity index (χ1n) is 10.6. The highest BCUT2D eigenvalue weighted by atomic mass is 19.4. The van der Waals surface area contributed by atoms with Crippen molar-refractivity contribution < 1.29 is 32.7 Å². The van der Waals surface area contributed by atoms with Gasteiger partial charge in [-0.3, -0.25) is 24.5 Å². The molecule has 2 saturated heterocycles. The van der Waals surface area contributed by atoms with Crippen LogP contribution in [0.3, 0.4) is 0 Å². The number of carbonyl (C=O) groups excluding carboxylic acids is 2. The molecule has 0 bridgehead atoms. The summed E-state index contributed by atoms with van der Waals surface area (Å²) >= 11 is 0. The number of carboxylic acids is 1. The topological polar surface area (TPSA) is 117 Å². The predicted molar refractivity (Wildman–Crippen MR) is 116 cm³/mol. The number of hydrogen-bond donors (Lipinski definition) is 3. The average molecular weight is 479 g/mol. The molecule has 1 aromatic heterocycles. The van der Waals surface area contributed by atoms with Crippen molar-refractivity contribution in [3.63, 3.8) is 0 Å². The van der Waals surface area contributed by atoms with Crippen molar-refractivity contribution >= 4 is 28.7 Å². The molecule has 4 rings (SSSR count). The first-order valence-corrected chi connectivity index (χ1v) is 10.6. The molecule has 0 radical (unpaired) electrons. The molecule has 0 saturated carbocycles. The van der Waals surface area contributed by atoms with E-state index in [0.29, 0.717) is 12.8 Å². The number of carbonyl (C=O) groups is 3. The zero-order valence-corrected chi connectivity index (χ0v) is 18.4. The second-order valence-electron chi connectivity index (χ2n) is 7.83. The van der Waals surface area contributed by atoms with Gasteiger partial charge in [-0.1, -0.05) is 17.9 Å². The van der Waals surface area contributed by atoms with Gasteiger partial charge in [0.25, 0.3) is 5.91 Å². The smallest absolute Gasteiger partial charge is 0.475 e. The largest absolute Gasteiger partial charge is 0.490 e. The van der Waals surface area contributed by atoms with Gasteiger partial charge in [0, 0.05) is 43.5 Å². The number of hydrogen-bond acceptors (Lipinski definition) is 6. The first-order chi connectivity index (χ1) is 16.1. The number of rotatable bonds is 2. The van der Waals surface area contributed by atoms with Crippen LogP contribution in [0.5, 0.6) is 0 Å². The van der Waals surface area contributed by atoms with Gasteiger partial charge in [0.05, 0.1) is 17.8 Å². The summed E-state index contributed by atoms with van der Waals surface area (Å²) in [6.07, 6.45) is -4.28. The Labute approximate surface area is 193 Å². The number of nitrogens with zero attached hydrogens (tertiary/aromatic N) is 3. The number of piperazine rings is 1. The third-order valence-corrected chi connectivity index (χ3v) is 5.39. The fourth-order valence-electron chi connectivity index (χ4n) is 3.75. The van der Waals surface area contributed by atoms with Crippen LogP contribution in [-0.2, 0) is 14.4 Å². The van der Waals surface area contributed by atoms with E-state index in [4.69, 9.17) is 9.90 Å². The van der Waals surface area contributed by atoms with Crippen molar-refractivity contribution in [1.82, 2.24) is 25.3 Å². The van der Waals surface area contributed by atoms with E-state index in [1.165, 1.54) is 0 Å². The van der Waals surface area contributed by atoms with E-state index in [0.717, 1.165) is 54.9 Å². The van der Waals surface area contributed by atoms with Crippen LogP contribution in [-0.4, -0.2) is 76.5 Å². The Morgan fingerprint density at radius 3 is 2.56 bits per heavy atom. The lowest BCUT2D eigenvalue weighted by molar-refractivity contribution is -0.192. The maximum Gasteiger partial charge on any atom is 0.490 e. The molecule has 9 nitrogen and oxygen atoms in total. The number of aliphatic carboxylic acids is 1. The Morgan fingerprint density at radius 2 is 1.94 bits per heavy atom. The number of halogens is 3. The van der Waals surface area contributed by atoms with Crippen LogP contribution in [0.4, 0.5) is 13.2 Å². The number of carboxylic acid groups (broad SMARTS) is 1. The van der Waals surface area contributed by atoms with E-state index >= 15 is 0 Å². The summed E-state index contributed by atoms with van der Waals surface area (Å²) in [4.78, 5) is 34.9. The molecule has 1 unspecified atom stereocenters. The summed E-state index contributed by atoms with van der Waals surface area (Å²) in [5, 5.41) is 18.5. The van der Waals surface area contributed by atoms with Crippen molar-refractivity contribution in [3.05, 3.63) is 29.5 Å². The van der Waals surface area contributed by atoms with Crippen molar-refractivity contribution in [2.75, 3.05) is 32.7 Å². The molecule has 2 aromatic rings. The molecule has 1 atom stereocenters. The number of piperidine rings is 1. The summed E-state index contributed by atoms with van der Waals surface area (Å²) in [7, 11) is 0. The molecule has 0 aliphatic carbocycles. The van der Waals surface area contributed by atoms with Crippen molar-refractivity contribution in [3.8, 4) is 11.8 Å². The Kier molecular flexibility index (Phi) is 7.90. The van der Waals surface area contributed by atoms with Crippen LogP contribution in [0.15, 0.2) is 18.2 Å². The van der Waals surface area contributed by atoms with Gasteiger partial charge < -0.3 is 10.4 Å². The Hall–Kier alpha value is -3.43. The van der Waals surface area contributed by atoms with Crippen molar-refractivity contribution in [2.45, 2.75) is 32.0 Å². The number of nitrogens with one attached hydrogen (secondary N) is 2. The van der Waals surface area contributed by atoms with Crippen LogP contribution < -0.4 is 10.6 Å². The normalized spacial score (nSPS) is 19.0. The van der Waals surface area contributed by atoms with E-state index < -0.39 is 18.2 Å². The van der Waals surface area contributed by atoms with Gasteiger partial charge >= 0.3 is 12.1 Å². The summed E-state index contributed by atoms with van der Waals surface area (Å²) in [6, 6.07) is 5.44. The lowest BCUT2D eigenvalue weighted by Crippen LogP contribution is -2.43. The zero-order chi connectivity index (χ0) is 24.9. The SMILES string of the molecule is Cc1nn(C2CCC(=O)NC2=O)c2cccc(C#CCN3CCNCC3)c12.O=C(O)C(F)(F)F. The van der Waals surface area contributed by atoms with Gasteiger partial charge in [-0.05, 0) is 25.5 Å². The lowest BCUT2D eigenvalue weighted by atomic mass is 10.1. The van der Waals surface area contributed by atoms with Gasteiger partial charge in [0.1, 0.15) is 6.04 Å². The van der Waals surface area contributed by atoms with Gasteiger partial charge in [0.15, 0.2) is 0 Å². The molecule has 2 amide bonds. The van der Waals surface area contributed by atoms with Crippen molar-refractivity contribution in [1.29, 1.82) is 0 Å². The minimum atomic E-state index is -5.08. The molecule has 2 fully saturated rings. The molecule has 2 aliphatic heterocycles. The second-order valence-corrected chi connectivity index (χ2v) is 7.83. The number of alkyl halides is 3. The fraction of sp³-hybridized carbons (Fsp3) is 0.455. The maximum atomic E-state index is 12.3. The highest BCUT2D eigenvalue weighted by Gasteiger charge is 2.38. The van der Waals surface area contributed by atoms with Crippen LogP contribution in [0.1, 0.15) is 30.1 Å². The fourth-order valence-corrected chi connectivity index (χ4v) is 3.75. The van der Waals surface area contributed by atoms with Crippen LogP contribution >= 0.6 is 0 Å². The highest BCUT2D eigenvalue weighted by Crippen LogP contribution is 2.28. The van der Waals surface area contributed by atoms with Crippen LogP contribution in [0.2, 0.25) is 0 Å². The third kappa shape index (κ3) is 6.12. The molecule has 3 heterocycles. The molecular weight excluding hydrogens is 455 g/mol. The molecule has 2 aliphatic rings. The Morgan fingerprint density at radius 1 is 1.26 bits per heavy atom. The number of fused-ring (bicyclic) bond motifs is 1. The summed E-state index contributed by atoms with van der Waals surface area (Å²) in [5.74, 6) is 3.31. The highest BCUT2D eigenvalue weighted by molar-refractivity contribution is 6.00. The molecule has 0 spiro atoms. The van der Waals surface area contributed by atoms with Gasteiger partial charge in [-0.15, -0.1) is 0 Å². The van der Waals surface area contributed by atoms with Crippen LogP contribution in [0.25, 0.3) is 10.9 Å². The van der Waals surface area contributed by atoms with Crippen LogP contribution in [0, 0.1) is 18.8 Å². The van der Waals surface area contributed by atoms with E-state index in [9.17, 15) is 22.8 Å². The third-order valence-electron chi connectivity index (χ3n) is 5.39. The van der Waals surface area contributed by atoms with Crippen molar-refractivity contribution in [2.24, 2.45) is 0 Å². The first kappa shape index (κ1) is 25.2. The molecule has 12 heteroatoms. The quantitative estimate of drug-likeness (QED) is 0.438. The molecule has 1 aromatic carbocycles. The lowest BCUT2D eigenvalue weighted by Gasteiger charge is -2.24. The molecular formula is C22H24F3N5O4. The molecule has 34 heavy (non-hydrogen) atoms. The number of amides is 2.